The van der Waals surface area contributed by atoms with E-state index in [1.807, 2.05) is 36.4 Å². The fourth-order valence-electron chi connectivity index (χ4n) is 4.15. The summed E-state index contributed by atoms with van der Waals surface area (Å²) in [5.41, 5.74) is 6.55. The Morgan fingerprint density at radius 1 is 0.689 bits per heavy atom. The molecular formula is C36H46CoN2O6. The quantitative estimate of drug-likeness (QED) is 0.318. The Labute approximate surface area is 278 Å². The summed E-state index contributed by atoms with van der Waals surface area (Å²) in [7, 11) is 0. The Bertz CT molecular complexity index is 1380. The third-order valence-electron chi connectivity index (χ3n) is 6.40. The number of nitrogens with zero attached hydrogens (tertiary/aromatic N) is 2. The molecule has 1 radical (unpaired) electrons. The largest absolute Gasteiger partial charge is 2.00 e. The topological polar surface area (TPSA) is 145 Å². The van der Waals surface area contributed by atoms with Crippen molar-refractivity contribution >= 4 is 35.7 Å². The monoisotopic (exact) mass is 661 g/mol. The molecule has 0 fully saturated rings. The van der Waals surface area contributed by atoms with Gasteiger partial charge < -0.3 is 30.0 Å². The number of hydrogen-bond acceptors (Lipinski definition) is 8. The molecule has 0 aliphatic carbocycles. The number of aliphatic carboxylic acids is 2. The van der Waals surface area contributed by atoms with Crippen molar-refractivity contribution in [2.45, 2.75) is 92.9 Å². The molecule has 3 aromatic carbocycles. The van der Waals surface area contributed by atoms with Crippen molar-refractivity contribution < 1.29 is 46.8 Å². The summed E-state index contributed by atoms with van der Waals surface area (Å²) in [6.45, 7) is 18.7. The fourth-order valence-corrected chi connectivity index (χ4v) is 4.15. The second-order valence-corrected chi connectivity index (χ2v) is 12.4. The van der Waals surface area contributed by atoms with Gasteiger partial charge in [-0.25, -0.2) is 0 Å². The Kier molecular flexibility index (Phi) is 16.5. The molecule has 8 nitrogen and oxygen atoms in total. The van der Waals surface area contributed by atoms with E-state index in [2.05, 4.69) is 67.5 Å². The van der Waals surface area contributed by atoms with Gasteiger partial charge in [0.1, 0.15) is 11.5 Å². The van der Waals surface area contributed by atoms with Gasteiger partial charge in [0, 0.05) is 46.6 Å². The van der Waals surface area contributed by atoms with E-state index in [1.54, 1.807) is 12.4 Å². The number of carbonyl (C=O) groups is 2. The Morgan fingerprint density at radius 3 is 1.22 bits per heavy atom. The number of rotatable bonds is 6. The maximum Gasteiger partial charge on any atom is 2.00 e. The predicted octanol–water partition coefficient (Wildman–Crippen LogP) is 5.83. The third kappa shape index (κ3) is 13.7. The Hall–Kier alpha value is -3.95. The van der Waals surface area contributed by atoms with Gasteiger partial charge in [0.05, 0.1) is 11.4 Å². The average molecular weight is 662 g/mol. The molecule has 0 unspecified atom stereocenters. The molecule has 0 bridgehead atoms. The van der Waals surface area contributed by atoms with Crippen LogP contribution in [0.5, 0.6) is 11.5 Å². The summed E-state index contributed by atoms with van der Waals surface area (Å²) in [6, 6.07) is 15.8. The molecule has 45 heavy (non-hydrogen) atoms. The molecular weight excluding hydrogens is 615 g/mol. The number of carboxylic acids is 2. The van der Waals surface area contributed by atoms with Gasteiger partial charge in [-0.05, 0) is 72.9 Å². The average Bonchev–Trinajstić information content (AvgIpc) is 2.90. The number of aliphatic imine (C=N–C) groups is 2. The first-order valence-corrected chi connectivity index (χ1v) is 14.6. The minimum absolute atomic E-state index is 0. The number of hydrogen-bond donors (Lipinski definition) is 2. The standard InChI is InChI=1S/C32H40N2O2.2C2H4O2.Co/c1-9-21-15-23(29(35)25(17-21)31(3,4)5)19-33-27-13-11-12-14-28(27)34-20-24-16-22(10-2)18-26(30(24)36)32(6,7)8;2*1-2(3)4;/h11-20,35-36H,9-10H2,1-8H3;2*1H3,(H,3,4);/q;;;+2/p-2. The summed E-state index contributed by atoms with van der Waals surface area (Å²) in [5, 5.41) is 39.7. The molecule has 0 heterocycles. The first-order valence-electron chi connectivity index (χ1n) is 14.6. The molecule has 0 amide bonds. The Balaban J connectivity index is 0.00000192. The molecule has 0 atom stereocenters. The van der Waals surface area contributed by atoms with E-state index in [9.17, 15) is 10.2 Å². The molecule has 0 aliphatic rings. The van der Waals surface area contributed by atoms with Crippen LogP contribution in [0.4, 0.5) is 11.4 Å². The van der Waals surface area contributed by atoms with Crippen LogP contribution >= 0.6 is 0 Å². The molecule has 3 rings (SSSR count). The van der Waals surface area contributed by atoms with E-state index in [-0.39, 0.29) is 39.1 Å². The first kappa shape index (κ1) is 41.0. The van der Waals surface area contributed by atoms with Gasteiger partial charge in [0.25, 0.3) is 0 Å². The van der Waals surface area contributed by atoms with Gasteiger partial charge in [0.15, 0.2) is 0 Å². The van der Waals surface area contributed by atoms with Crippen molar-refractivity contribution in [3.63, 3.8) is 0 Å². The number of benzene rings is 3. The minimum Gasteiger partial charge on any atom is -0.550 e. The van der Waals surface area contributed by atoms with Gasteiger partial charge in [-0.15, -0.1) is 0 Å². The molecule has 2 N–H and O–H groups in total. The van der Waals surface area contributed by atoms with E-state index in [4.69, 9.17) is 29.8 Å². The predicted molar refractivity (Wildman–Crippen MR) is 175 cm³/mol. The zero-order valence-electron chi connectivity index (χ0n) is 27.9. The smallest absolute Gasteiger partial charge is 0.550 e. The van der Waals surface area contributed by atoms with E-state index in [1.165, 1.54) is 0 Å². The van der Waals surface area contributed by atoms with Crippen molar-refractivity contribution in [2.75, 3.05) is 0 Å². The van der Waals surface area contributed by atoms with Gasteiger partial charge in [-0.2, -0.15) is 0 Å². The number of phenols is 2. The van der Waals surface area contributed by atoms with E-state index >= 15 is 0 Å². The van der Waals surface area contributed by atoms with Crippen LogP contribution in [0, 0.1) is 0 Å². The molecule has 0 spiro atoms. The van der Waals surface area contributed by atoms with Crippen LogP contribution in [-0.4, -0.2) is 34.6 Å². The molecule has 245 valence electrons. The van der Waals surface area contributed by atoms with Crippen molar-refractivity contribution in [2.24, 2.45) is 9.98 Å². The van der Waals surface area contributed by atoms with Crippen LogP contribution in [0.3, 0.4) is 0 Å². The molecule has 0 aromatic heterocycles. The van der Waals surface area contributed by atoms with Gasteiger partial charge in [-0.3, -0.25) is 9.98 Å². The zero-order chi connectivity index (χ0) is 33.8. The van der Waals surface area contributed by atoms with E-state index in [0.717, 1.165) is 48.9 Å². The van der Waals surface area contributed by atoms with Gasteiger partial charge >= 0.3 is 16.8 Å². The number of carbonyl (C=O) groups excluding carboxylic acids is 2. The Morgan fingerprint density at radius 2 is 0.978 bits per heavy atom. The van der Waals surface area contributed by atoms with Crippen molar-refractivity contribution in [3.8, 4) is 11.5 Å². The number of aryl methyl sites for hydroxylation is 2. The minimum atomic E-state index is -1.08. The maximum absolute atomic E-state index is 11.0. The number of carboxylic acid groups (broad SMARTS) is 2. The molecule has 0 aliphatic heterocycles. The van der Waals surface area contributed by atoms with Crippen LogP contribution in [0.15, 0.2) is 58.5 Å². The molecule has 3 aromatic rings. The second-order valence-electron chi connectivity index (χ2n) is 12.4. The van der Waals surface area contributed by atoms with E-state index < -0.39 is 11.9 Å². The van der Waals surface area contributed by atoms with Crippen LogP contribution < -0.4 is 10.2 Å². The van der Waals surface area contributed by atoms with Crippen molar-refractivity contribution in [1.29, 1.82) is 0 Å². The maximum atomic E-state index is 11.0. The van der Waals surface area contributed by atoms with Crippen LogP contribution in [0.25, 0.3) is 0 Å². The number of phenolic OH excluding ortho intramolecular Hbond substituents is 2. The van der Waals surface area contributed by atoms with Crippen LogP contribution in [-0.2, 0) is 50.0 Å². The number of para-hydroxylation sites is 2. The van der Waals surface area contributed by atoms with Gasteiger partial charge in [0.2, 0.25) is 0 Å². The number of aromatic hydroxyl groups is 2. The zero-order valence-corrected chi connectivity index (χ0v) is 29.0. The summed E-state index contributed by atoms with van der Waals surface area (Å²) >= 11 is 0. The SMILES string of the molecule is CC(=O)[O-].CC(=O)[O-].CCc1cc(C=Nc2ccccc2N=Cc2cc(CC)cc(C(C)(C)C)c2O)c(O)c(C(C)(C)C)c1.[Co+2]. The summed E-state index contributed by atoms with van der Waals surface area (Å²) < 4.78 is 0. The normalized spacial score (nSPS) is 11.2. The molecule has 0 saturated heterocycles. The molecule has 9 heteroatoms. The van der Waals surface area contributed by atoms with Crippen LogP contribution in [0.1, 0.15) is 103 Å². The first-order chi connectivity index (χ1) is 20.3. The van der Waals surface area contributed by atoms with Crippen molar-refractivity contribution in [1.82, 2.24) is 0 Å². The van der Waals surface area contributed by atoms with E-state index in [0.29, 0.717) is 22.5 Å². The summed E-state index contributed by atoms with van der Waals surface area (Å²) in [4.78, 5) is 27.2. The second kappa shape index (κ2) is 18.1. The van der Waals surface area contributed by atoms with Crippen molar-refractivity contribution in [3.05, 3.63) is 81.9 Å². The molecule has 0 saturated carbocycles. The fraction of sp³-hybridized carbons (Fsp3) is 0.389. The van der Waals surface area contributed by atoms with Gasteiger partial charge in [-0.1, -0.05) is 79.7 Å². The van der Waals surface area contributed by atoms with Crippen LogP contribution in [0.2, 0.25) is 0 Å². The third-order valence-corrected chi connectivity index (χ3v) is 6.40. The summed E-state index contributed by atoms with van der Waals surface area (Å²) in [6.07, 6.45) is 5.18. The summed E-state index contributed by atoms with van der Waals surface area (Å²) in [5.74, 6) is -1.64.